The fourth-order valence-electron chi connectivity index (χ4n) is 6.54. The van der Waals surface area contributed by atoms with Crippen LogP contribution >= 0.6 is 22.7 Å². The van der Waals surface area contributed by atoms with Crippen molar-refractivity contribution < 1.29 is 0 Å². The summed E-state index contributed by atoms with van der Waals surface area (Å²) in [4.78, 5) is 2.49. The molecule has 0 spiro atoms. The third-order valence-corrected chi connectivity index (χ3v) is 10.7. The topological polar surface area (TPSA) is 3.24 Å². The smallest absolute Gasteiger partial charge is 0.0555 e. The fraction of sp³-hybridized carbons (Fsp3) is 0. The predicted molar refractivity (Wildman–Crippen MR) is 190 cm³/mol. The van der Waals surface area contributed by atoms with E-state index < -0.39 is 0 Å². The normalized spacial score (nSPS) is 11.7. The zero-order valence-corrected chi connectivity index (χ0v) is 24.8. The van der Waals surface area contributed by atoms with Crippen LogP contribution < -0.4 is 4.90 Å². The summed E-state index contributed by atoms with van der Waals surface area (Å²) in [7, 11) is 0. The molecule has 0 radical (unpaired) electrons. The SMILES string of the molecule is c1ccc(N(c2cccc3ccccc23)c2cccc3sc4ccccc4c23)c(-c2ccc3c(c2)sc2ccccc23)c1. The number of anilines is 3. The minimum absolute atomic E-state index is 1.17. The van der Waals surface area contributed by atoms with E-state index in [0.717, 1.165) is 0 Å². The van der Waals surface area contributed by atoms with Gasteiger partial charge in [0.2, 0.25) is 0 Å². The van der Waals surface area contributed by atoms with Crippen LogP contribution in [-0.4, -0.2) is 0 Å². The Bertz CT molecular complexity index is 2480. The molecule has 1 nitrogen and oxygen atoms in total. The van der Waals surface area contributed by atoms with Crippen molar-refractivity contribution in [3.63, 3.8) is 0 Å². The molecule has 2 aromatic heterocycles. The van der Waals surface area contributed by atoms with Crippen molar-refractivity contribution in [2.45, 2.75) is 0 Å². The Kier molecular flexibility index (Phi) is 5.62. The standard InChI is InChI=1S/C40H25NS2/c1-2-13-28-26(11-1)12-9-18-34(28)41(35-19-10-22-38-40(35)32-16-5-8-21-37(32)42-38)33-17-6-3-14-29(33)27-23-24-31-30-15-4-7-20-36(30)43-39(31)25-27/h1-25H. The minimum atomic E-state index is 1.17. The molecule has 0 saturated heterocycles. The van der Waals surface area contributed by atoms with Crippen LogP contribution in [0.25, 0.3) is 62.2 Å². The van der Waals surface area contributed by atoms with Gasteiger partial charge in [0.25, 0.3) is 0 Å². The highest BCUT2D eigenvalue weighted by molar-refractivity contribution is 7.26. The van der Waals surface area contributed by atoms with E-state index in [0.29, 0.717) is 0 Å². The third-order valence-electron chi connectivity index (χ3n) is 8.46. The highest BCUT2D eigenvalue weighted by atomic mass is 32.1. The molecule has 2 heterocycles. The summed E-state index contributed by atoms with van der Waals surface area (Å²) < 4.78 is 5.26. The average Bonchev–Trinajstić information content (AvgIpc) is 3.64. The van der Waals surface area contributed by atoms with Crippen molar-refractivity contribution >= 4 is 90.9 Å². The fourth-order valence-corrected chi connectivity index (χ4v) is 8.81. The monoisotopic (exact) mass is 583 g/mol. The van der Waals surface area contributed by atoms with Gasteiger partial charge < -0.3 is 4.90 Å². The molecule has 7 aromatic carbocycles. The van der Waals surface area contributed by atoms with Crippen LogP contribution in [0, 0.1) is 0 Å². The van der Waals surface area contributed by atoms with Gasteiger partial charge in [-0.2, -0.15) is 0 Å². The van der Waals surface area contributed by atoms with E-state index in [1.54, 1.807) is 0 Å². The maximum Gasteiger partial charge on any atom is 0.0555 e. The maximum atomic E-state index is 2.49. The Labute approximate surface area is 257 Å². The summed E-state index contributed by atoms with van der Waals surface area (Å²) >= 11 is 3.74. The second kappa shape index (κ2) is 9.81. The molecule has 0 atom stereocenters. The summed E-state index contributed by atoms with van der Waals surface area (Å²) in [5.41, 5.74) is 5.98. The lowest BCUT2D eigenvalue weighted by atomic mass is 9.99. The lowest BCUT2D eigenvalue weighted by molar-refractivity contribution is 1.32. The zero-order valence-electron chi connectivity index (χ0n) is 23.2. The quantitative estimate of drug-likeness (QED) is 0.199. The van der Waals surface area contributed by atoms with Crippen molar-refractivity contribution in [2.24, 2.45) is 0 Å². The molecule has 9 aromatic rings. The van der Waals surface area contributed by atoms with Crippen LogP contribution in [0.3, 0.4) is 0 Å². The van der Waals surface area contributed by atoms with Gasteiger partial charge in [0.05, 0.1) is 17.1 Å². The molecule has 0 amide bonds. The van der Waals surface area contributed by atoms with Crippen molar-refractivity contribution in [3.05, 3.63) is 152 Å². The van der Waals surface area contributed by atoms with Crippen molar-refractivity contribution in [1.82, 2.24) is 0 Å². The van der Waals surface area contributed by atoms with E-state index in [-0.39, 0.29) is 0 Å². The van der Waals surface area contributed by atoms with E-state index in [2.05, 4.69) is 157 Å². The Hall–Kier alpha value is -4.96. The number of hydrogen-bond acceptors (Lipinski definition) is 3. The lowest BCUT2D eigenvalue weighted by Gasteiger charge is -2.30. The van der Waals surface area contributed by atoms with Gasteiger partial charge in [-0.25, -0.2) is 0 Å². The van der Waals surface area contributed by atoms with Crippen molar-refractivity contribution in [2.75, 3.05) is 4.90 Å². The highest BCUT2D eigenvalue weighted by Crippen LogP contribution is 2.49. The van der Waals surface area contributed by atoms with Crippen molar-refractivity contribution in [1.29, 1.82) is 0 Å². The first kappa shape index (κ1) is 24.6. The average molecular weight is 584 g/mol. The van der Waals surface area contributed by atoms with Crippen molar-refractivity contribution in [3.8, 4) is 11.1 Å². The first-order valence-corrected chi connectivity index (χ1v) is 16.2. The van der Waals surface area contributed by atoms with Gasteiger partial charge in [0, 0.05) is 51.3 Å². The second-order valence-corrected chi connectivity index (χ2v) is 13.1. The van der Waals surface area contributed by atoms with Crippen LogP contribution in [0.2, 0.25) is 0 Å². The largest absolute Gasteiger partial charge is 0.309 e. The molecule has 0 unspecified atom stereocenters. The molecule has 43 heavy (non-hydrogen) atoms. The Morgan fingerprint density at radius 3 is 1.86 bits per heavy atom. The predicted octanol–water partition coefficient (Wildman–Crippen LogP) is 12.7. The number of benzene rings is 7. The molecule has 0 aliphatic heterocycles. The number of fused-ring (bicyclic) bond motifs is 7. The van der Waals surface area contributed by atoms with Crippen LogP contribution in [0.5, 0.6) is 0 Å². The van der Waals surface area contributed by atoms with Gasteiger partial charge in [0.1, 0.15) is 0 Å². The van der Waals surface area contributed by atoms with E-state index in [1.807, 2.05) is 22.7 Å². The van der Waals surface area contributed by atoms with Gasteiger partial charge in [0.15, 0.2) is 0 Å². The van der Waals surface area contributed by atoms with E-state index >= 15 is 0 Å². The summed E-state index contributed by atoms with van der Waals surface area (Å²) in [6, 6.07) is 55.5. The molecule has 0 bridgehead atoms. The maximum absolute atomic E-state index is 2.49. The van der Waals surface area contributed by atoms with Crippen LogP contribution in [0.1, 0.15) is 0 Å². The van der Waals surface area contributed by atoms with Gasteiger partial charge in [-0.1, -0.05) is 109 Å². The number of hydrogen-bond donors (Lipinski definition) is 0. The zero-order chi connectivity index (χ0) is 28.3. The minimum Gasteiger partial charge on any atom is -0.309 e. The summed E-state index contributed by atoms with van der Waals surface area (Å²) in [6.45, 7) is 0. The molecular weight excluding hydrogens is 559 g/mol. The molecular formula is C40H25NS2. The van der Waals surface area contributed by atoms with E-state index in [4.69, 9.17) is 0 Å². The number of rotatable bonds is 4. The summed E-state index contributed by atoms with van der Waals surface area (Å²) in [5, 5.41) is 7.71. The molecule has 0 aliphatic rings. The lowest BCUT2D eigenvalue weighted by Crippen LogP contribution is -2.12. The third kappa shape index (κ3) is 3.90. The van der Waals surface area contributed by atoms with E-state index in [1.165, 1.54) is 79.3 Å². The Morgan fingerprint density at radius 2 is 0.953 bits per heavy atom. The number of thiophene rings is 2. The molecule has 0 saturated carbocycles. The molecule has 9 rings (SSSR count). The van der Waals surface area contributed by atoms with Gasteiger partial charge in [-0.05, 0) is 53.4 Å². The summed E-state index contributed by atoms with van der Waals surface area (Å²) in [5.74, 6) is 0. The first-order chi connectivity index (χ1) is 21.3. The van der Waals surface area contributed by atoms with Crippen LogP contribution in [-0.2, 0) is 0 Å². The molecule has 0 fully saturated rings. The Balaban J connectivity index is 1.35. The Morgan fingerprint density at radius 1 is 0.372 bits per heavy atom. The summed E-state index contributed by atoms with van der Waals surface area (Å²) in [6.07, 6.45) is 0. The van der Waals surface area contributed by atoms with Gasteiger partial charge in [-0.3, -0.25) is 0 Å². The van der Waals surface area contributed by atoms with Gasteiger partial charge >= 0.3 is 0 Å². The van der Waals surface area contributed by atoms with E-state index in [9.17, 15) is 0 Å². The highest BCUT2D eigenvalue weighted by Gasteiger charge is 2.22. The number of nitrogens with zero attached hydrogens (tertiary/aromatic N) is 1. The molecule has 0 N–H and O–H groups in total. The number of para-hydroxylation sites is 1. The van der Waals surface area contributed by atoms with Crippen LogP contribution in [0.15, 0.2) is 152 Å². The van der Waals surface area contributed by atoms with Crippen LogP contribution in [0.4, 0.5) is 17.1 Å². The molecule has 0 aliphatic carbocycles. The molecule has 202 valence electrons. The molecule has 3 heteroatoms. The van der Waals surface area contributed by atoms with Gasteiger partial charge in [-0.15, -0.1) is 22.7 Å². The first-order valence-electron chi connectivity index (χ1n) is 14.5. The second-order valence-electron chi connectivity index (χ2n) is 10.9.